The van der Waals surface area contributed by atoms with E-state index in [2.05, 4.69) is 29.4 Å². The maximum absolute atomic E-state index is 12.1. The SMILES string of the molecule is CCCC1C(=O)NN=C(c2ccc3nc(-c4ccc(Cl)cc4)oc3c2)C1C. The monoisotopic (exact) mass is 381 g/mol. The lowest BCUT2D eigenvalue weighted by Gasteiger charge is -2.27. The average molecular weight is 382 g/mol. The molecule has 0 bridgehead atoms. The molecule has 2 atom stereocenters. The zero-order valence-corrected chi connectivity index (χ0v) is 16.0. The highest BCUT2D eigenvalue weighted by atomic mass is 35.5. The number of nitrogens with zero attached hydrogens (tertiary/aromatic N) is 2. The van der Waals surface area contributed by atoms with E-state index in [1.807, 2.05) is 42.5 Å². The van der Waals surface area contributed by atoms with Gasteiger partial charge in [-0.05, 0) is 42.8 Å². The number of hydrogen-bond acceptors (Lipinski definition) is 4. The molecule has 1 amide bonds. The van der Waals surface area contributed by atoms with Crippen LogP contribution in [-0.2, 0) is 4.79 Å². The van der Waals surface area contributed by atoms with Gasteiger partial charge in [0.25, 0.3) is 0 Å². The number of hydrogen-bond donors (Lipinski definition) is 1. The summed E-state index contributed by atoms with van der Waals surface area (Å²) >= 11 is 5.95. The van der Waals surface area contributed by atoms with E-state index in [0.717, 1.165) is 35.2 Å². The minimum atomic E-state index is -0.0578. The summed E-state index contributed by atoms with van der Waals surface area (Å²) in [4.78, 5) is 16.7. The summed E-state index contributed by atoms with van der Waals surface area (Å²) in [7, 11) is 0. The van der Waals surface area contributed by atoms with Crippen molar-refractivity contribution in [3.63, 3.8) is 0 Å². The Bertz CT molecular complexity index is 1020. The van der Waals surface area contributed by atoms with Crippen molar-refractivity contribution in [1.82, 2.24) is 10.4 Å². The molecular weight excluding hydrogens is 362 g/mol. The summed E-state index contributed by atoms with van der Waals surface area (Å²) in [5, 5.41) is 4.99. The second-order valence-corrected chi connectivity index (χ2v) is 7.30. The Labute approximate surface area is 162 Å². The molecule has 0 radical (unpaired) electrons. The lowest BCUT2D eigenvalue weighted by atomic mass is 9.82. The standard InChI is InChI=1S/C21H20ClN3O2/c1-3-4-16-12(2)19(24-25-20(16)26)14-7-10-17-18(11-14)27-21(23-17)13-5-8-15(22)9-6-13/h5-12,16H,3-4H2,1-2H3,(H,25,26). The first-order valence-electron chi connectivity index (χ1n) is 9.11. The van der Waals surface area contributed by atoms with Gasteiger partial charge in [-0.1, -0.05) is 37.9 Å². The molecule has 2 unspecified atom stereocenters. The zero-order chi connectivity index (χ0) is 19.0. The van der Waals surface area contributed by atoms with Crippen molar-refractivity contribution >= 4 is 34.3 Å². The average Bonchev–Trinajstić information content (AvgIpc) is 3.09. The summed E-state index contributed by atoms with van der Waals surface area (Å²) in [6, 6.07) is 13.2. The number of carbonyl (C=O) groups excluding carboxylic acids is 1. The van der Waals surface area contributed by atoms with Crippen LogP contribution in [0.2, 0.25) is 5.02 Å². The van der Waals surface area contributed by atoms with Crippen molar-refractivity contribution in [3.05, 3.63) is 53.1 Å². The van der Waals surface area contributed by atoms with Crippen LogP contribution in [0.15, 0.2) is 52.0 Å². The molecule has 6 heteroatoms. The molecule has 0 aliphatic carbocycles. The first kappa shape index (κ1) is 17.7. The topological polar surface area (TPSA) is 67.5 Å². The Kier molecular flexibility index (Phi) is 4.70. The third kappa shape index (κ3) is 3.35. The Morgan fingerprint density at radius 3 is 2.63 bits per heavy atom. The largest absolute Gasteiger partial charge is 0.436 e. The second kappa shape index (κ2) is 7.16. The van der Waals surface area contributed by atoms with Crippen LogP contribution in [0.1, 0.15) is 32.3 Å². The van der Waals surface area contributed by atoms with Gasteiger partial charge in [0.1, 0.15) is 5.52 Å². The van der Waals surface area contributed by atoms with Gasteiger partial charge in [-0.2, -0.15) is 5.10 Å². The van der Waals surface area contributed by atoms with E-state index in [0.29, 0.717) is 16.5 Å². The van der Waals surface area contributed by atoms with E-state index < -0.39 is 0 Å². The van der Waals surface area contributed by atoms with E-state index >= 15 is 0 Å². The van der Waals surface area contributed by atoms with Crippen LogP contribution in [0, 0.1) is 11.8 Å². The van der Waals surface area contributed by atoms with Crippen molar-refractivity contribution in [2.45, 2.75) is 26.7 Å². The van der Waals surface area contributed by atoms with Gasteiger partial charge in [0.2, 0.25) is 11.8 Å². The van der Waals surface area contributed by atoms with Gasteiger partial charge in [0, 0.05) is 28.0 Å². The molecule has 1 N–H and O–H groups in total. The number of nitrogens with one attached hydrogen (secondary N) is 1. The van der Waals surface area contributed by atoms with Crippen LogP contribution in [0.25, 0.3) is 22.6 Å². The van der Waals surface area contributed by atoms with Gasteiger partial charge in [-0.3, -0.25) is 4.79 Å². The fraction of sp³-hybridized carbons (Fsp3) is 0.286. The Morgan fingerprint density at radius 1 is 1.15 bits per heavy atom. The summed E-state index contributed by atoms with van der Waals surface area (Å²) in [5.74, 6) is 0.542. The fourth-order valence-electron chi connectivity index (χ4n) is 3.54. The van der Waals surface area contributed by atoms with Gasteiger partial charge in [0.15, 0.2) is 5.58 Å². The molecule has 0 spiro atoms. The number of hydrazone groups is 1. The number of halogens is 1. The van der Waals surface area contributed by atoms with E-state index in [1.54, 1.807) is 0 Å². The quantitative estimate of drug-likeness (QED) is 0.688. The third-order valence-corrected chi connectivity index (χ3v) is 5.29. The van der Waals surface area contributed by atoms with Gasteiger partial charge < -0.3 is 4.42 Å². The van der Waals surface area contributed by atoms with Crippen LogP contribution in [0.5, 0.6) is 0 Å². The third-order valence-electron chi connectivity index (χ3n) is 5.03. The summed E-state index contributed by atoms with van der Waals surface area (Å²) in [6.45, 7) is 4.14. The van der Waals surface area contributed by atoms with Crippen LogP contribution < -0.4 is 5.43 Å². The minimum Gasteiger partial charge on any atom is -0.436 e. The maximum Gasteiger partial charge on any atom is 0.243 e. The van der Waals surface area contributed by atoms with Crippen LogP contribution in [0.3, 0.4) is 0 Å². The number of fused-ring (bicyclic) bond motifs is 1. The van der Waals surface area contributed by atoms with Crippen molar-refractivity contribution in [3.8, 4) is 11.5 Å². The van der Waals surface area contributed by atoms with Gasteiger partial charge in [0.05, 0.1) is 5.71 Å². The highest BCUT2D eigenvalue weighted by Crippen LogP contribution is 2.29. The molecule has 2 aromatic carbocycles. The Hall–Kier alpha value is -2.66. The molecule has 5 nitrogen and oxygen atoms in total. The second-order valence-electron chi connectivity index (χ2n) is 6.87. The summed E-state index contributed by atoms with van der Waals surface area (Å²) in [6.07, 6.45) is 1.80. The number of carbonyl (C=O) groups is 1. The highest BCUT2D eigenvalue weighted by molar-refractivity contribution is 6.30. The van der Waals surface area contributed by atoms with Gasteiger partial charge >= 0.3 is 0 Å². The highest BCUT2D eigenvalue weighted by Gasteiger charge is 2.32. The predicted octanol–water partition coefficient (Wildman–Crippen LogP) is 5.03. The lowest BCUT2D eigenvalue weighted by Crippen LogP contribution is -2.40. The Balaban J connectivity index is 1.69. The maximum atomic E-state index is 12.1. The van der Waals surface area contributed by atoms with Crippen molar-refractivity contribution in [2.75, 3.05) is 0 Å². The lowest BCUT2D eigenvalue weighted by molar-refractivity contribution is -0.126. The molecule has 1 aliphatic rings. The normalized spacial score (nSPS) is 19.8. The van der Waals surface area contributed by atoms with E-state index in [9.17, 15) is 4.79 Å². The van der Waals surface area contributed by atoms with Gasteiger partial charge in [-0.25, -0.2) is 10.4 Å². The Morgan fingerprint density at radius 2 is 1.89 bits per heavy atom. The molecule has 4 rings (SSSR count). The first-order chi connectivity index (χ1) is 13.1. The molecule has 0 saturated heterocycles. The molecule has 3 aromatic rings. The number of amides is 1. The van der Waals surface area contributed by atoms with Crippen LogP contribution >= 0.6 is 11.6 Å². The minimum absolute atomic E-state index is 0.00105. The zero-order valence-electron chi connectivity index (χ0n) is 15.2. The van der Waals surface area contributed by atoms with Crippen LogP contribution in [-0.4, -0.2) is 16.6 Å². The van der Waals surface area contributed by atoms with Crippen molar-refractivity contribution in [2.24, 2.45) is 16.9 Å². The number of rotatable bonds is 4. The summed E-state index contributed by atoms with van der Waals surface area (Å²) in [5.41, 5.74) is 6.83. The molecule has 138 valence electrons. The van der Waals surface area contributed by atoms with Crippen molar-refractivity contribution < 1.29 is 9.21 Å². The molecule has 0 saturated carbocycles. The smallest absolute Gasteiger partial charge is 0.243 e. The number of benzene rings is 2. The van der Waals surface area contributed by atoms with Crippen molar-refractivity contribution in [1.29, 1.82) is 0 Å². The van der Waals surface area contributed by atoms with Gasteiger partial charge in [-0.15, -0.1) is 0 Å². The molecule has 1 aliphatic heterocycles. The van der Waals surface area contributed by atoms with Crippen LogP contribution in [0.4, 0.5) is 0 Å². The molecule has 2 heterocycles. The molecular formula is C21H20ClN3O2. The molecule has 27 heavy (non-hydrogen) atoms. The number of aromatic nitrogens is 1. The first-order valence-corrected chi connectivity index (χ1v) is 9.49. The summed E-state index contributed by atoms with van der Waals surface area (Å²) < 4.78 is 5.96. The van der Waals surface area contributed by atoms with E-state index in [1.165, 1.54) is 0 Å². The van der Waals surface area contributed by atoms with E-state index in [-0.39, 0.29) is 17.7 Å². The number of oxazole rings is 1. The fourth-order valence-corrected chi connectivity index (χ4v) is 3.66. The molecule has 1 aromatic heterocycles. The molecule has 0 fully saturated rings. The van der Waals surface area contributed by atoms with E-state index in [4.69, 9.17) is 16.0 Å². The predicted molar refractivity (Wildman–Crippen MR) is 107 cm³/mol.